The maximum Gasteiger partial charge on any atom is 0.259 e. The Labute approximate surface area is 211 Å². The van der Waals surface area contributed by atoms with E-state index in [4.69, 9.17) is 4.98 Å². The Morgan fingerprint density at radius 1 is 0.944 bits per heavy atom. The van der Waals surface area contributed by atoms with Gasteiger partial charge in [-0.2, -0.15) is 0 Å². The lowest BCUT2D eigenvalue weighted by molar-refractivity contribution is 0.138. The minimum Gasteiger partial charge on any atom is -0.339 e. The molecule has 1 saturated heterocycles. The summed E-state index contributed by atoms with van der Waals surface area (Å²) < 4.78 is 0. The molecule has 8 heteroatoms. The first kappa shape index (κ1) is 24.0. The molecule has 1 aliphatic heterocycles. The number of likely N-dealkylation sites (N-methyl/N-ethyl adjacent to an activating group) is 1. The fourth-order valence-corrected chi connectivity index (χ4v) is 4.61. The van der Waals surface area contributed by atoms with Gasteiger partial charge in [0.1, 0.15) is 17.5 Å². The molecule has 1 aliphatic rings. The molecular formula is C28H33N7O. The molecule has 8 nitrogen and oxygen atoms in total. The van der Waals surface area contributed by atoms with Crippen LogP contribution in [0.25, 0.3) is 10.8 Å². The van der Waals surface area contributed by atoms with Crippen LogP contribution in [0.4, 0.5) is 23.1 Å². The molecule has 4 aromatic rings. The van der Waals surface area contributed by atoms with Gasteiger partial charge in [-0.1, -0.05) is 19.1 Å². The van der Waals surface area contributed by atoms with Crippen molar-refractivity contribution in [3.63, 3.8) is 0 Å². The Morgan fingerprint density at radius 2 is 1.72 bits per heavy atom. The fraction of sp³-hybridized carbons (Fsp3) is 0.321. The Kier molecular flexibility index (Phi) is 7.25. The van der Waals surface area contributed by atoms with Crippen molar-refractivity contribution in [3.8, 4) is 0 Å². The summed E-state index contributed by atoms with van der Waals surface area (Å²) in [5.74, 6) is 1.83. The first-order chi connectivity index (χ1) is 17.6. The number of nitrogens with zero attached hydrogens (tertiary/aromatic N) is 4. The summed E-state index contributed by atoms with van der Waals surface area (Å²) >= 11 is 0. The summed E-state index contributed by atoms with van der Waals surface area (Å²) in [4.78, 5) is 29.6. The molecule has 0 spiro atoms. The molecule has 0 aliphatic carbocycles. The highest BCUT2D eigenvalue weighted by molar-refractivity contribution is 5.94. The first-order valence-electron chi connectivity index (χ1n) is 12.6. The molecule has 0 bridgehead atoms. The second kappa shape index (κ2) is 10.9. The van der Waals surface area contributed by atoms with Gasteiger partial charge in [0, 0.05) is 50.8 Å². The highest BCUT2D eigenvalue weighted by atomic mass is 16.1. The Morgan fingerprint density at radius 3 is 2.47 bits per heavy atom. The maximum absolute atomic E-state index is 12.7. The van der Waals surface area contributed by atoms with Crippen LogP contribution in [0.15, 0.2) is 65.7 Å². The molecule has 0 unspecified atom stereocenters. The molecule has 0 saturated carbocycles. The van der Waals surface area contributed by atoms with Crippen LogP contribution >= 0.6 is 0 Å². The molecule has 5 rings (SSSR count). The van der Waals surface area contributed by atoms with Crippen LogP contribution in [0, 0.1) is 6.92 Å². The number of aromatic nitrogens is 3. The summed E-state index contributed by atoms with van der Waals surface area (Å²) in [5, 5.41) is 7.95. The monoisotopic (exact) mass is 483 g/mol. The largest absolute Gasteiger partial charge is 0.339 e. The van der Waals surface area contributed by atoms with Crippen molar-refractivity contribution in [1.82, 2.24) is 24.8 Å². The lowest BCUT2D eigenvalue weighted by atomic mass is 10.1. The minimum absolute atomic E-state index is 0.178. The summed E-state index contributed by atoms with van der Waals surface area (Å²) in [6, 6.07) is 16.0. The van der Waals surface area contributed by atoms with Crippen LogP contribution in [0.2, 0.25) is 0 Å². The van der Waals surface area contributed by atoms with Crippen LogP contribution < -0.4 is 16.2 Å². The number of aryl methyl sites for hydroxylation is 1. The lowest BCUT2D eigenvalue weighted by Gasteiger charge is -2.34. The Bertz CT molecular complexity index is 1380. The van der Waals surface area contributed by atoms with E-state index in [1.54, 1.807) is 12.4 Å². The van der Waals surface area contributed by atoms with Gasteiger partial charge in [0.05, 0.1) is 5.39 Å². The van der Waals surface area contributed by atoms with Gasteiger partial charge in [-0.05, 0) is 72.8 Å². The van der Waals surface area contributed by atoms with Gasteiger partial charge in [0.15, 0.2) is 0 Å². The van der Waals surface area contributed by atoms with Crippen molar-refractivity contribution in [1.29, 1.82) is 0 Å². The molecule has 0 radical (unpaired) electrons. The van der Waals surface area contributed by atoms with Crippen LogP contribution in [-0.2, 0) is 6.42 Å². The van der Waals surface area contributed by atoms with E-state index in [0.29, 0.717) is 22.8 Å². The van der Waals surface area contributed by atoms with Crippen molar-refractivity contribution < 1.29 is 0 Å². The van der Waals surface area contributed by atoms with Gasteiger partial charge in [-0.3, -0.25) is 4.79 Å². The van der Waals surface area contributed by atoms with E-state index < -0.39 is 0 Å². The van der Waals surface area contributed by atoms with E-state index in [1.807, 2.05) is 31.2 Å². The molecule has 0 atom stereocenters. The first-order valence-corrected chi connectivity index (χ1v) is 12.6. The van der Waals surface area contributed by atoms with Gasteiger partial charge in [-0.15, -0.1) is 0 Å². The van der Waals surface area contributed by atoms with Gasteiger partial charge < -0.3 is 25.4 Å². The molecule has 1 fully saturated rings. The van der Waals surface area contributed by atoms with Gasteiger partial charge in [0.2, 0.25) is 0 Å². The third-order valence-corrected chi connectivity index (χ3v) is 6.77. The molecule has 186 valence electrons. The van der Waals surface area contributed by atoms with Gasteiger partial charge in [-0.25, -0.2) is 9.97 Å². The third kappa shape index (κ3) is 5.72. The normalized spacial score (nSPS) is 14.7. The number of benzene rings is 1. The highest BCUT2D eigenvalue weighted by Crippen LogP contribution is 2.26. The van der Waals surface area contributed by atoms with Crippen LogP contribution in [0.3, 0.4) is 0 Å². The lowest BCUT2D eigenvalue weighted by Crippen LogP contribution is -2.46. The number of rotatable bonds is 8. The van der Waals surface area contributed by atoms with E-state index in [-0.39, 0.29) is 5.56 Å². The number of anilines is 4. The average Bonchev–Trinajstić information content (AvgIpc) is 2.88. The highest BCUT2D eigenvalue weighted by Gasteiger charge is 2.15. The van der Waals surface area contributed by atoms with E-state index >= 15 is 0 Å². The van der Waals surface area contributed by atoms with Crippen molar-refractivity contribution in [2.45, 2.75) is 20.3 Å². The van der Waals surface area contributed by atoms with Crippen molar-refractivity contribution >= 4 is 33.9 Å². The number of fused-ring (bicyclic) bond motifs is 1. The van der Waals surface area contributed by atoms with Crippen molar-refractivity contribution in [2.75, 3.05) is 49.9 Å². The quantitative estimate of drug-likeness (QED) is 0.344. The maximum atomic E-state index is 12.7. The molecule has 3 N–H and O–H groups in total. The molecule has 36 heavy (non-hydrogen) atoms. The zero-order valence-corrected chi connectivity index (χ0v) is 20.9. The Balaban J connectivity index is 1.31. The summed E-state index contributed by atoms with van der Waals surface area (Å²) in [6.07, 6.45) is 4.44. The topological polar surface area (TPSA) is 89.2 Å². The average molecular weight is 484 g/mol. The Hall–Kier alpha value is -3.75. The predicted octanol–water partition coefficient (Wildman–Crippen LogP) is 4.29. The molecule has 1 aromatic carbocycles. The second-order valence-electron chi connectivity index (χ2n) is 9.32. The van der Waals surface area contributed by atoms with Crippen LogP contribution in [0.5, 0.6) is 0 Å². The fourth-order valence-electron chi connectivity index (χ4n) is 4.61. The number of H-pyrrole nitrogens is 1. The zero-order valence-electron chi connectivity index (χ0n) is 20.9. The number of nitrogens with one attached hydrogen (secondary N) is 3. The number of pyridine rings is 3. The van der Waals surface area contributed by atoms with E-state index in [1.165, 1.54) is 5.56 Å². The van der Waals surface area contributed by atoms with Gasteiger partial charge >= 0.3 is 0 Å². The standard InChI is InChI=1S/C28H33N7O/c1-3-34-14-16-35(17-15-34)13-10-21-4-6-23(7-5-21)31-27-26-22(9-12-30-28(26)36)19-25(33-27)32-24-18-20(2)8-11-29-24/h4-9,11-12,18-19H,3,10,13-17H2,1-2H3,(H,30,36)(H2,29,31,32,33). The minimum atomic E-state index is -0.178. The molecule has 4 heterocycles. The number of aromatic amines is 1. The van der Waals surface area contributed by atoms with E-state index in [0.717, 1.165) is 62.3 Å². The number of hydrogen-bond donors (Lipinski definition) is 3. The SMILES string of the molecule is CCN1CCN(CCc2ccc(Nc3nc(Nc4cc(C)ccn4)cc4cc[nH]c(=O)c34)cc2)CC1. The molecule has 3 aromatic heterocycles. The zero-order chi connectivity index (χ0) is 24.9. The molecular weight excluding hydrogens is 450 g/mol. The van der Waals surface area contributed by atoms with Crippen LogP contribution in [-0.4, -0.2) is 64.0 Å². The van der Waals surface area contributed by atoms with E-state index in [9.17, 15) is 4.79 Å². The van der Waals surface area contributed by atoms with Crippen molar-refractivity contribution in [2.24, 2.45) is 0 Å². The number of piperazine rings is 1. The van der Waals surface area contributed by atoms with Gasteiger partial charge in [0.25, 0.3) is 5.56 Å². The van der Waals surface area contributed by atoms with Crippen molar-refractivity contribution in [3.05, 3.63) is 82.4 Å². The smallest absolute Gasteiger partial charge is 0.259 e. The third-order valence-electron chi connectivity index (χ3n) is 6.77. The number of hydrogen-bond acceptors (Lipinski definition) is 7. The second-order valence-corrected chi connectivity index (χ2v) is 9.32. The van der Waals surface area contributed by atoms with Crippen LogP contribution in [0.1, 0.15) is 18.1 Å². The summed E-state index contributed by atoms with van der Waals surface area (Å²) in [6.45, 7) is 11.1. The summed E-state index contributed by atoms with van der Waals surface area (Å²) in [5.41, 5.74) is 3.11. The predicted molar refractivity (Wildman–Crippen MR) is 147 cm³/mol. The molecule has 0 amide bonds. The summed E-state index contributed by atoms with van der Waals surface area (Å²) in [7, 11) is 0. The van der Waals surface area contributed by atoms with E-state index in [2.05, 4.69) is 61.6 Å².